The van der Waals surface area contributed by atoms with E-state index in [0.717, 1.165) is 18.3 Å². The fraction of sp³-hybridized carbons (Fsp3) is 0.257. The smallest absolute Gasteiger partial charge is 0.343 e. The molecule has 10 nitrogen and oxygen atoms in total. The van der Waals surface area contributed by atoms with Gasteiger partial charge in [0.05, 0.1) is 49.3 Å². The van der Waals surface area contributed by atoms with Crippen molar-refractivity contribution in [3.8, 4) is 17.2 Å². The normalized spacial score (nSPS) is 14.2. The molecule has 0 radical (unpaired) electrons. The number of fused-ring (bicyclic) bond motifs is 1. The average Bonchev–Trinajstić information content (AvgIpc) is 3.37. The van der Waals surface area contributed by atoms with Crippen molar-refractivity contribution < 1.29 is 37.7 Å². The van der Waals surface area contributed by atoms with Crippen LogP contribution in [0.25, 0.3) is 6.08 Å². The summed E-state index contributed by atoms with van der Waals surface area (Å²) >= 11 is 5.59. The zero-order valence-electron chi connectivity index (χ0n) is 26.9. The lowest BCUT2D eigenvalue weighted by molar-refractivity contribution is -0.143. The molecule has 14 heteroatoms. The summed E-state index contributed by atoms with van der Waals surface area (Å²) in [4.78, 5) is 44.4. The molecule has 256 valence electrons. The molecule has 1 aliphatic heterocycles. The zero-order chi connectivity index (χ0) is 35.2. The number of nitrogens with zero attached hydrogens (tertiary/aromatic N) is 2. The number of hydrogen-bond acceptors (Lipinski definition) is 10. The van der Waals surface area contributed by atoms with E-state index in [-0.39, 0.29) is 36.8 Å². The van der Waals surface area contributed by atoms with Gasteiger partial charge in [-0.2, -0.15) is 0 Å². The third kappa shape index (κ3) is 8.34. The fourth-order valence-electron chi connectivity index (χ4n) is 5.07. The monoisotopic (exact) mass is 912 g/mol. The number of carbonyl (C=O) groups is 2. The maximum absolute atomic E-state index is 14.2. The predicted molar refractivity (Wildman–Crippen MR) is 198 cm³/mol. The molecule has 0 amide bonds. The second-order valence-corrected chi connectivity index (χ2v) is 13.9. The first-order chi connectivity index (χ1) is 23.5. The number of carbonyl (C=O) groups excluding carboxylic acids is 2. The summed E-state index contributed by atoms with van der Waals surface area (Å²) in [5.74, 6) is -0.143. The predicted octanol–water partition coefficient (Wildman–Crippen LogP) is 5.68. The summed E-state index contributed by atoms with van der Waals surface area (Å²) < 4.78 is 44.5. The SMILES string of the molecule is CCOC(=O)C1=C(C)N=c2s/c(=C\c3cc(I)c(OCc4ccc(F)cc4)c(I)c3)c(=O)n2[C@@H]1c1ccc(OCC(=O)OC)c(OCC)c1. The molecule has 4 aromatic rings. The van der Waals surface area contributed by atoms with Crippen molar-refractivity contribution in [3.63, 3.8) is 0 Å². The van der Waals surface area contributed by atoms with E-state index in [0.29, 0.717) is 44.4 Å². The zero-order valence-corrected chi connectivity index (χ0v) is 32.0. The van der Waals surface area contributed by atoms with Crippen LogP contribution in [0.1, 0.15) is 43.5 Å². The second kappa shape index (κ2) is 16.3. The number of ether oxygens (including phenoxy) is 5. The van der Waals surface area contributed by atoms with Crippen LogP contribution in [-0.4, -0.2) is 43.4 Å². The van der Waals surface area contributed by atoms with E-state index in [1.54, 1.807) is 57.2 Å². The summed E-state index contributed by atoms with van der Waals surface area (Å²) in [6.45, 7) is 5.61. The van der Waals surface area contributed by atoms with Gasteiger partial charge in [-0.15, -0.1) is 0 Å². The number of halogens is 3. The highest BCUT2D eigenvalue weighted by atomic mass is 127. The standard InChI is InChI=1S/C35H31FI2N2O8S/c1-5-45-27-16-22(9-12-26(27)47-18-29(41)44-4)31-30(34(43)46-6-2)19(3)39-35-40(31)33(42)28(49-35)15-21-13-24(37)32(25(38)14-21)48-17-20-7-10-23(36)11-8-20/h7-16,31H,5-6,17-18H2,1-4H3/b28-15-/t31-/m1/s1. The van der Waals surface area contributed by atoms with Gasteiger partial charge < -0.3 is 23.7 Å². The summed E-state index contributed by atoms with van der Waals surface area (Å²) in [7, 11) is 1.27. The van der Waals surface area contributed by atoms with Crippen LogP contribution in [0.2, 0.25) is 0 Å². The molecule has 0 fully saturated rings. The van der Waals surface area contributed by atoms with Gasteiger partial charge in [0.1, 0.15) is 18.2 Å². The number of thiazole rings is 1. The molecular formula is C35H31FI2N2O8S. The lowest BCUT2D eigenvalue weighted by Gasteiger charge is -2.25. The van der Waals surface area contributed by atoms with E-state index in [1.807, 2.05) is 12.1 Å². The highest BCUT2D eigenvalue weighted by Gasteiger charge is 2.34. The first-order valence-corrected chi connectivity index (χ1v) is 18.0. The molecule has 49 heavy (non-hydrogen) atoms. The van der Waals surface area contributed by atoms with E-state index in [1.165, 1.54) is 35.1 Å². The summed E-state index contributed by atoms with van der Waals surface area (Å²) in [5.41, 5.74) is 2.48. The van der Waals surface area contributed by atoms with Crippen molar-refractivity contribution >= 4 is 74.5 Å². The minimum Gasteiger partial charge on any atom is -0.490 e. The minimum atomic E-state index is -0.881. The van der Waals surface area contributed by atoms with Crippen molar-refractivity contribution in [3.05, 3.63) is 115 Å². The Labute approximate surface area is 312 Å². The Morgan fingerprint density at radius 3 is 2.35 bits per heavy atom. The summed E-state index contributed by atoms with van der Waals surface area (Å²) in [6, 6.07) is 14.1. The molecule has 5 rings (SSSR count). The Morgan fingerprint density at radius 1 is 0.980 bits per heavy atom. The number of rotatable bonds is 12. The van der Waals surface area contributed by atoms with Crippen molar-refractivity contribution in [2.45, 2.75) is 33.4 Å². The molecule has 1 atom stereocenters. The minimum absolute atomic E-state index is 0.137. The van der Waals surface area contributed by atoms with Gasteiger partial charge >= 0.3 is 11.9 Å². The van der Waals surface area contributed by atoms with Gasteiger partial charge in [0.15, 0.2) is 22.9 Å². The van der Waals surface area contributed by atoms with Gasteiger partial charge in [-0.3, -0.25) is 9.36 Å². The van der Waals surface area contributed by atoms with Crippen LogP contribution < -0.4 is 29.1 Å². The highest BCUT2D eigenvalue weighted by molar-refractivity contribution is 14.1. The first-order valence-electron chi connectivity index (χ1n) is 15.1. The van der Waals surface area contributed by atoms with Crippen LogP contribution in [0, 0.1) is 13.0 Å². The van der Waals surface area contributed by atoms with Crippen LogP contribution >= 0.6 is 56.5 Å². The average molecular weight is 913 g/mol. The molecule has 0 saturated heterocycles. The molecule has 0 saturated carbocycles. The Balaban J connectivity index is 1.56. The van der Waals surface area contributed by atoms with E-state index < -0.39 is 18.0 Å². The van der Waals surface area contributed by atoms with Gasteiger partial charge in [-0.05, 0) is 125 Å². The highest BCUT2D eigenvalue weighted by Crippen LogP contribution is 2.36. The summed E-state index contributed by atoms with van der Waals surface area (Å²) in [5, 5.41) is 0. The Hall–Kier alpha value is -3.77. The molecule has 1 aromatic heterocycles. The lowest BCUT2D eigenvalue weighted by Crippen LogP contribution is -2.40. The molecule has 2 heterocycles. The van der Waals surface area contributed by atoms with Crippen molar-refractivity contribution in [1.29, 1.82) is 0 Å². The quantitative estimate of drug-likeness (QED) is 0.132. The molecule has 0 spiro atoms. The molecule has 0 unspecified atom stereocenters. The molecule has 1 aliphatic rings. The number of allylic oxidation sites excluding steroid dienone is 1. The number of aromatic nitrogens is 1. The van der Waals surface area contributed by atoms with Gasteiger partial charge in [0.2, 0.25) is 0 Å². The van der Waals surface area contributed by atoms with E-state index in [4.69, 9.17) is 18.9 Å². The second-order valence-electron chi connectivity index (χ2n) is 10.5. The maximum Gasteiger partial charge on any atom is 0.343 e. The van der Waals surface area contributed by atoms with Crippen LogP contribution in [0.5, 0.6) is 17.2 Å². The van der Waals surface area contributed by atoms with E-state index in [2.05, 4.69) is 54.9 Å². The molecule has 0 aliphatic carbocycles. The molecule has 3 aromatic carbocycles. The Morgan fingerprint density at radius 2 is 1.69 bits per heavy atom. The molecular weight excluding hydrogens is 881 g/mol. The van der Waals surface area contributed by atoms with Gasteiger partial charge in [0, 0.05) is 0 Å². The van der Waals surface area contributed by atoms with E-state index >= 15 is 0 Å². The Bertz CT molecular complexity index is 2090. The number of methoxy groups -OCH3 is 1. The Kier molecular flexibility index (Phi) is 12.1. The van der Waals surface area contributed by atoms with Gasteiger partial charge in [0.25, 0.3) is 5.56 Å². The third-order valence-electron chi connectivity index (χ3n) is 7.29. The van der Waals surface area contributed by atoms with Crippen LogP contribution in [0.15, 0.2) is 75.7 Å². The van der Waals surface area contributed by atoms with Gasteiger partial charge in [-0.25, -0.2) is 19.0 Å². The lowest BCUT2D eigenvalue weighted by atomic mass is 9.95. The fourth-order valence-corrected chi connectivity index (χ4v) is 8.25. The third-order valence-corrected chi connectivity index (χ3v) is 9.87. The van der Waals surface area contributed by atoms with Crippen molar-refractivity contribution in [2.75, 3.05) is 26.9 Å². The van der Waals surface area contributed by atoms with E-state index in [9.17, 15) is 18.8 Å². The van der Waals surface area contributed by atoms with Crippen LogP contribution in [0.3, 0.4) is 0 Å². The topological polar surface area (TPSA) is 115 Å². The summed E-state index contributed by atoms with van der Waals surface area (Å²) in [6.07, 6.45) is 1.79. The van der Waals surface area contributed by atoms with Crippen molar-refractivity contribution in [2.24, 2.45) is 4.99 Å². The number of esters is 2. The first kappa shape index (κ1) is 36.5. The maximum atomic E-state index is 14.2. The largest absolute Gasteiger partial charge is 0.490 e. The van der Waals surface area contributed by atoms with Gasteiger partial charge in [-0.1, -0.05) is 29.5 Å². The van der Waals surface area contributed by atoms with Crippen molar-refractivity contribution in [1.82, 2.24) is 4.57 Å². The van der Waals surface area contributed by atoms with Crippen LogP contribution in [0.4, 0.5) is 4.39 Å². The van der Waals surface area contributed by atoms with Crippen LogP contribution in [-0.2, 0) is 25.7 Å². The molecule has 0 N–H and O–H groups in total. The number of benzene rings is 3. The molecule has 0 bridgehead atoms. The number of hydrogen-bond donors (Lipinski definition) is 0.